The van der Waals surface area contributed by atoms with Gasteiger partial charge >= 0.3 is 5.92 Å². The van der Waals surface area contributed by atoms with Crippen LogP contribution in [0.4, 0.5) is 8.78 Å². The van der Waals surface area contributed by atoms with E-state index < -0.39 is 5.92 Å². The normalized spacial score (nSPS) is 16.3. The van der Waals surface area contributed by atoms with E-state index in [-0.39, 0.29) is 18.5 Å². The number of alkyl halides is 2. The zero-order chi connectivity index (χ0) is 20.9. The standard InChI is InChI=1S/C23H23BrF2N2O/c1-5-18-20-12-29-21(16-8-6-7-13(2)14(16)3)17-11-15(24)9-10-19(17)28(20)22(27-18)23(4,25)26/h6-11,21H,5,12H2,1-4H3/t21-/m1/s1. The van der Waals surface area contributed by atoms with Crippen LogP contribution in [-0.2, 0) is 23.7 Å². The van der Waals surface area contributed by atoms with Crippen molar-refractivity contribution in [3.05, 3.63) is 80.3 Å². The summed E-state index contributed by atoms with van der Waals surface area (Å²) in [6, 6.07) is 11.8. The molecule has 6 heteroatoms. The Balaban J connectivity index is 2.02. The van der Waals surface area contributed by atoms with E-state index in [0.717, 1.165) is 28.1 Å². The third-order valence-electron chi connectivity index (χ3n) is 5.61. The zero-order valence-corrected chi connectivity index (χ0v) is 18.5. The van der Waals surface area contributed by atoms with Gasteiger partial charge in [-0.1, -0.05) is 41.1 Å². The number of fused-ring (bicyclic) bond motifs is 3. The van der Waals surface area contributed by atoms with Crippen molar-refractivity contribution < 1.29 is 13.5 Å². The fourth-order valence-electron chi connectivity index (χ4n) is 3.99. The van der Waals surface area contributed by atoms with Gasteiger partial charge in [0.25, 0.3) is 0 Å². The number of hydrogen-bond acceptors (Lipinski definition) is 2. The van der Waals surface area contributed by atoms with Gasteiger partial charge in [-0.15, -0.1) is 0 Å². The minimum absolute atomic E-state index is 0.219. The molecule has 0 unspecified atom stereocenters. The minimum Gasteiger partial charge on any atom is -0.362 e. The van der Waals surface area contributed by atoms with Gasteiger partial charge in [0.15, 0.2) is 5.82 Å². The number of aromatic nitrogens is 2. The van der Waals surface area contributed by atoms with Gasteiger partial charge < -0.3 is 4.74 Å². The van der Waals surface area contributed by atoms with Crippen LogP contribution in [0.25, 0.3) is 5.69 Å². The lowest BCUT2D eigenvalue weighted by Gasteiger charge is -2.22. The third kappa shape index (κ3) is 3.42. The maximum Gasteiger partial charge on any atom is 0.302 e. The van der Waals surface area contributed by atoms with Crippen molar-refractivity contribution in [3.8, 4) is 5.69 Å². The zero-order valence-electron chi connectivity index (χ0n) is 16.9. The van der Waals surface area contributed by atoms with Crippen LogP contribution in [-0.4, -0.2) is 9.55 Å². The van der Waals surface area contributed by atoms with Crippen molar-refractivity contribution in [2.24, 2.45) is 0 Å². The molecule has 0 bridgehead atoms. The van der Waals surface area contributed by atoms with Crippen LogP contribution in [0.3, 0.4) is 0 Å². The number of aryl methyl sites for hydroxylation is 2. The number of imidazole rings is 1. The predicted molar refractivity (Wildman–Crippen MR) is 113 cm³/mol. The highest BCUT2D eigenvalue weighted by Gasteiger charge is 2.37. The average Bonchev–Trinajstić information content (AvgIpc) is 2.96. The van der Waals surface area contributed by atoms with Crippen molar-refractivity contribution in [2.75, 3.05) is 0 Å². The molecule has 1 atom stereocenters. The van der Waals surface area contributed by atoms with E-state index in [0.29, 0.717) is 23.5 Å². The van der Waals surface area contributed by atoms with Crippen molar-refractivity contribution in [2.45, 2.75) is 52.7 Å². The Morgan fingerprint density at radius 2 is 1.97 bits per heavy atom. The highest BCUT2D eigenvalue weighted by Crippen LogP contribution is 2.41. The van der Waals surface area contributed by atoms with Crippen LogP contribution in [0, 0.1) is 13.8 Å². The van der Waals surface area contributed by atoms with E-state index in [4.69, 9.17) is 4.74 Å². The molecule has 2 aromatic carbocycles. The van der Waals surface area contributed by atoms with E-state index in [2.05, 4.69) is 40.8 Å². The van der Waals surface area contributed by atoms with Crippen LogP contribution in [0.1, 0.15) is 59.4 Å². The summed E-state index contributed by atoms with van der Waals surface area (Å²) >= 11 is 3.54. The molecule has 3 aromatic rings. The second kappa shape index (κ2) is 7.33. The summed E-state index contributed by atoms with van der Waals surface area (Å²) < 4.78 is 37.9. The van der Waals surface area contributed by atoms with E-state index in [1.54, 1.807) is 4.57 Å². The van der Waals surface area contributed by atoms with E-state index in [1.807, 2.05) is 37.3 Å². The summed E-state index contributed by atoms with van der Waals surface area (Å²) in [5.41, 5.74) is 6.24. The van der Waals surface area contributed by atoms with Gasteiger partial charge in [0, 0.05) is 17.0 Å². The molecule has 0 radical (unpaired) electrons. The first-order chi connectivity index (χ1) is 13.7. The quantitative estimate of drug-likeness (QED) is 0.443. The Hall–Kier alpha value is -2.05. The fraction of sp³-hybridized carbons (Fsp3) is 0.348. The maximum absolute atomic E-state index is 14.5. The summed E-state index contributed by atoms with van der Waals surface area (Å²) in [5.74, 6) is -3.30. The predicted octanol–water partition coefficient (Wildman–Crippen LogP) is 6.55. The molecule has 1 aliphatic rings. The third-order valence-corrected chi connectivity index (χ3v) is 6.11. The SMILES string of the molecule is CCc1nc(C(C)(F)F)n2c1CO[C@H](c1cccc(C)c1C)c1cc(Br)ccc1-2. The Labute approximate surface area is 177 Å². The second-order valence-corrected chi connectivity index (χ2v) is 8.51. The van der Waals surface area contributed by atoms with Crippen LogP contribution < -0.4 is 0 Å². The molecule has 0 amide bonds. The summed E-state index contributed by atoms with van der Waals surface area (Å²) in [6.45, 7) is 7.18. The minimum atomic E-state index is -3.06. The molecular weight excluding hydrogens is 438 g/mol. The average molecular weight is 461 g/mol. The van der Waals surface area contributed by atoms with Gasteiger partial charge in [-0.2, -0.15) is 8.78 Å². The molecule has 0 saturated heterocycles. The first kappa shape index (κ1) is 20.2. The van der Waals surface area contributed by atoms with Crippen molar-refractivity contribution in [3.63, 3.8) is 0 Å². The van der Waals surface area contributed by atoms with Crippen LogP contribution in [0.2, 0.25) is 0 Å². The summed E-state index contributed by atoms with van der Waals surface area (Å²) in [5, 5.41) is 0. The smallest absolute Gasteiger partial charge is 0.302 e. The van der Waals surface area contributed by atoms with Gasteiger partial charge in [-0.25, -0.2) is 4.98 Å². The molecule has 1 aromatic heterocycles. The molecule has 0 spiro atoms. The lowest BCUT2D eigenvalue weighted by molar-refractivity contribution is 0.00587. The Bertz CT molecular complexity index is 1090. The maximum atomic E-state index is 14.5. The molecule has 152 valence electrons. The Morgan fingerprint density at radius 3 is 2.66 bits per heavy atom. The summed E-state index contributed by atoms with van der Waals surface area (Å²) in [7, 11) is 0. The largest absolute Gasteiger partial charge is 0.362 e. The number of benzene rings is 2. The van der Waals surface area contributed by atoms with E-state index in [1.165, 1.54) is 5.56 Å². The monoisotopic (exact) mass is 460 g/mol. The van der Waals surface area contributed by atoms with E-state index >= 15 is 0 Å². The molecule has 0 N–H and O–H groups in total. The second-order valence-electron chi connectivity index (χ2n) is 7.59. The molecule has 2 heterocycles. The fourth-order valence-corrected chi connectivity index (χ4v) is 4.37. The number of hydrogen-bond donors (Lipinski definition) is 0. The van der Waals surface area contributed by atoms with E-state index in [9.17, 15) is 8.78 Å². The number of ether oxygens (including phenoxy) is 1. The number of rotatable bonds is 3. The lowest BCUT2D eigenvalue weighted by Crippen LogP contribution is -2.17. The molecule has 3 nitrogen and oxygen atoms in total. The van der Waals surface area contributed by atoms with Gasteiger partial charge in [0.05, 0.1) is 23.7 Å². The van der Waals surface area contributed by atoms with Gasteiger partial charge in [0.2, 0.25) is 0 Å². The summed E-state index contributed by atoms with van der Waals surface area (Å²) in [4.78, 5) is 4.30. The first-order valence-corrected chi connectivity index (χ1v) is 10.5. The van der Waals surface area contributed by atoms with Crippen molar-refractivity contribution in [1.82, 2.24) is 9.55 Å². The molecule has 0 fully saturated rings. The van der Waals surface area contributed by atoms with Crippen LogP contribution >= 0.6 is 15.9 Å². The van der Waals surface area contributed by atoms with Crippen molar-refractivity contribution >= 4 is 15.9 Å². The van der Waals surface area contributed by atoms with Crippen molar-refractivity contribution in [1.29, 1.82) is 0 Å². The summed E-state index contributed by atoms with van der Waals surface area (Å²) in [6.07, 6.45) is 0.208. The van der Waals surface area contributed by atoms with Crippen LogP contribution in [0.15, 0.2) is 40.9 Å². The lowest BCUT2D eigenvalue weighted by atomic mass is 9.93. The Morgan fingerprint density at radius 1 is 1.21 bits per heavy atom. The molecule has 0 aliphatic carbocycles. The molecular formula is C23H23BrF2N2O. The van der Waals surface area contributed by atoms with Gasteiger partial charge in [-0.3, -0.25) is 4.57 Å². The highest BCUT2D eigenvalue weighted by molar-refractivity contribution is 9.10. The molecule has 29 heavy (non-hydrogen) atoms. The molecule has 0 saturated carbocycles. The van der Waals surface area contributed by atoms with Crippen LogP contribution in [0.5, 0.6) is 0 Å². The van der Waals surface area contributed by atoms with Gasteiger partial charge in [0.1, 0.15) is 6.10 Å². The van der Waals surface area contributed by atoms with Gasteiger partial charge in [-0.05, 0) is 55.2 Å². The number of halogens is 3. The Kier molecular flexibility index (Phi) is 5.11. The topological polar surface area (TPSA) is 27.1 Å². The first-order valence-electron chi connectivity index (χ1n) is 9.68. The molecule has 4 rings (SSSR count). The highest BCUT2D eigenvalue weighted by atomic mass is 79.9. The molecule has 1 aliphatic heterocycles. The number of nitrogens with zero attached hydrogens (tertiary/aromatic N) is 2.